The summed E-state index contributed by atoms with van der Waals surface area (Å²) >= 11 is 0. The summed E-state index contributed by atoms with van der Waals surface area (Å²) in [5.74, 6) is 1.30. The van der Waals surface area contributed by atoms with E-state index in [9.17, 15) is 0 Å². The Hall–Kier alpha value is -3.00. The lowest BCUT2D eigenvalue weighted by atomic mass is 9.74. The molecule has 8 heteroatoms. The van der Waals surface area contributed by atoms with Gasteiger partial charge in [0, 0.05) is 44.0 Å². The van der Waals surface area contributed by atoms with Gasteiger partial charge in [0.15, 0.2) is 0 Å². The highest BCUT2D eigenvalue weighted by molar-refractivity contribution is 5.69. The molecule has 162 valence electrons. The topological polar surface area (TPSA) is 83.8 Å². The maximum absolute atomic E-state index is 4.90. The molecule has 0 unspecified atom stereocenters. The van der Waals surface area contributed by atoms with Crippen LogP contribution in [0, 0.1) is 0 Å². The first-order valence-electron chi connectivity index (χ1n) is 11.1. The molecule has 8 nitrogen and oxygen atoms in total. The fourth-order valence-electron chi connectivity index (χ4n) is 4.54. The second-order valence-electron chi connectivity index (χ2n) is 9.34. The number of hydrogen-bond acceptors (Lipinski definition) is 7. The first-order chi connectivity index (χ1) is 14.9. The Bertz CT molecular complexity index is 1080. The molecule has 0 spiro atoms. The highest BCUT2D eigenvalue weighted by atomic mass is 15.3. The fourth-order valence-corrected chi connectivity index (χ4v) is 4.54. The Kier molecular flexibility index (Phi) is 4.89. The van der Waals surface area contributed by atoms with Crippen LogP contribution in [-0.4, -0.2) is 50.9 Å². The zero-order valence-electron chi connectivity index (χ0n) is 18.7. The summed E-state index contributed by atoms with van der Waals surface area (Å²) in [5, 5.41) is 11.3. The van der Waals surface area contributed by atoms with Gasteiger partial charge in [-0.3, -0.25) is 4.68 Å². The minimum absolute atomic E-state index is 0.00906. The monoisotopic (exact) mass is 418 g/mol. The lowest BCUT2D eigenvalue weighted by Crippen LogP contribution is -2.43. The first kappa shape index (κ1) is 19.9. The first-order valence-corrected chi connectivity index (χ1v) is 11.1. The van der Waals surface area contributed by atoms with E-state index < -0.39 is 0 Å². The predicted molar refractivity (Wildman–Crippen MR) is 123 cm³/mol. The predicted octanol–water partition coefficient (Wildman–Crippen LogP) is 3.30. The van der Waals surface area contributed by atoms with Gasteiger partial charge >= 0.3 is 0 Å². The molecule has 5 rings (SSSR count). The molecule has 0 bridgehead atoms. The number of piperazine rings is 1. The molecule has 1 saturated heterocycles. The number of nitrogens with one attached hydrogen (secondary N) is 2. The Balaban J connectivity index is 1.43. The van der Waals surface area contributed by atoms with Crippen LogP contribution in [0.5, 0.6) is 0 Å². The van der Waals surface area contributed by atoms with Gasteiger partial charge < -0.3 is 15.5 Å². The fraction of sp³-hybridized carbons (Fsp3) is 0.478. The van der Waals surface area contributed by atoms with Crippen molar-refractivity contribution in [2.45, 2.75) is 45.6 Å². The second kappa shape index (κ2) is 7.60. The second-order valence-corrected chi connectivity index (χ2v) is 9.34. The van der Waals surface area contributed by atoms with Crippen molar-refractivity contribution in [1.82, 2.24) is 30.0 Å². The van der Waals surface area contributed by atoms with Gasteiger partial charge in [0.25, 0.3) is 0 Å². The van der Waals surface area contributed by atoms with Crippen molar-refractivity contribution in [2.75, 3.05) is 36.4 Å². The van der Waals surface area contributed by atoms with E-state index in [4.69, 9.17) is 4.98 Å². The molecule has 3 aromatic rings. The standard InChI is InChI=1S/C23H30N8/c1-15(2)31-21-18(14-27-31)23(3,4)11-16-12-26-22(29-20(16)21)28-19-6-5-17(13-25-19)30-9-7-24-8-10-30/h5-6,12-15,24H,7-11H2,1-4H3,(H,25,26,28,29). The number of fused-ring (bicyclic) bond motifs is 3. The molecule has 3 aromatic heterocycles. The molecule has 1 aliphatic carbocycles. The van der Waals surface area contributed by atoms with Crippen LogP contribution in [0.15, 0.2) is 30.7 Å². The van der Waals surface area contributed by atoms with Crippen molar-refractivity contribution >= 4 is 17.5 Å². The minimum atomic E-state index is 0.00906. The van der Waals surface area contributed by atoms with Crippen molar-refractivity contribution in [3.05, 3.63) is 41.9 Å². The highest BCUT2D eigenvalue weighted by Gasteiger charge is 2.36. The Morgan fingerprint density at radius 3 is 2.58 bits per heavy atom. The van der Waals surface area contributed by atoms with Crippen molar-refractivity contribution < 1.29 is 0 Å². The van der Waals surface area contributed by atoms with Crippen LogP contribution in [0.3, 0.4) is 0 Å². The summed E-state index contributed by atoms with van der Waals surface area (Å²) in [6.45, 7) is 12.9. The van der Waals surface area contributed by atoms with Gasteiger partial charge in [0.2, 0.25) is 5.95 Å². The van der Waals surface area contributed by atoms with Crippen LogP contribution in [0.1, 0.15) is 44.9 Å². The maximum atomic E-state index is 4.90. The molecular formula is C23H30N8. The van der Waals surface area contributed by atoms with Crippen LogP contribution in [-0.2, 0) is 11.8 Å². The van der Waals surface area contributed by atoms with Gasteiger partial charge in [-0.05, 0) is 43.4 Å². The lowest BCUT2D eigenvalue weighted by Gasteiger charge is -2.31. The summed E-state index contributed by atoms with van der Waals surface area (Å²) in [6.07, 6.45) is 6.77. The molecule has 2 N–H and O–H groups in total. The van der Waals surface area contributed by atoms with E-state index in [1.54, 1.807) is 0 Å². The van der Waals surface area contributed by atoms with E-state index in [2.05, 4.69) is 69.0 Å². The largest absolute Gasteiger partial charge is 0.368 e. The van der Waals surface area contributed by atoms with Crippen LogP contribution < -0.4 is 15.5 Å². The summed E-state index contributed by atoms with van der Waals surface area (Å²) in [6, 6.07) is 4.36. The normalized spacial score (nSPS) is 17.4. The van der Waals surface area contributed by atoms with E-state index in [1.165, 1.54) is 5.56 Å². The molecule has 1 fully saturated rings. The van der Waals surface area contributed by atoms with E-state index in [0.717, 1.165) is 61.1 Å². The zero-order valence-corrected chi connectivity index (χ0v) is 18.7. The van der Waals surface area contributed by atoms with Gasteiger partial charge in [0.05, 0.1) is 29.5 Å². The van der Waals surface area contributed by atoms with Gasteiger partial charge in [-0.25, -0.2) is 15.0 Å². The summed E-state index contributed by atoms with van der Waals surface area (Å²) in [7, 11) is 0. The van der Waals surface area contributed by atoms with Gasteiger partial charge in [-0.15, -0.1) is 0 Å². The molecule has 0 aromatic carbocycles. The Morgan fingerprint density at radius 2 is 1.87 bits per heavy atom. The highest BCUT2D eigenvalue weighted by Crippen LogP contribution is 2.43. The zero-order chi connectivity index (χ0) is 21.6. The third-order valence-corrected chi connectivity index (χ3v) is 6.20. The summed E-state index contributed by atoms with van der Waals surface area (Å²) in [5.41, 5.74) is 5.63. The number of anilines is 3. The van der Waals surface area contributed by atoms with Gasteiger partial charge in [-0.1, -0.05) is 13.8 Å². The van der Waals surface area contributed by atoms with Crippen LogP contribution in [0.25, 0.3) is 11.4 Å². The number of pyridine rings is 1. The number of hydrogen-bond donors (Lipinski definition) is 2. The number of rotatable bonds is 4. The third kappa shape index (κ3) is 3.65. The molecular weight excluding hydrogens is 388 g/mol. The van der Waals surface area contributed by atoms with Gasteiger partial charge in [-0.2, -0.15) is 5.10 Å². The van der Waals surface area contributed by atoms with Crippen LogP contribution in [0.4, 0.5) is 17.5 Å². The van der Waals surface area contributed by atoms with Crippen LogP contribution in [0.2, 0.25) is 0 Å². The minimum Gasteiger partial charge on any atom is -0.368 e. The SMILES string of the molecule is CC(C)n1ncc2c1-c1nc(Nc3ccc(N4CCNCC4)cn3)ncc1CC2(C)C. The molecule has 1 aliphatic heterocycles. The molecule has 31 heavy (non-hydrogen) atoms. The Labute approximate surface area is 183 Å². The molecule has 0 atom stereocenters. The molecule has 4 heterocycles. The Morgan fingerprint density at radius 1 is 1.06 bits per heavy atom. The lowest BCUT2D eigenvalue weighted by molar-refractivity contribution is 0.502. The van der Waals surface area contributed by atoms with E-state index in [0.29, 0.717) is 5.95 Å². The quantitative estimate of drug-likeness (QED) is 0.672. The van der Waals surface area contributed by atoms with Crippen molar-refractivity contribution in [2.24, 2.45) is 0 Å². The van der Waals surface area contributed by atoms with E-state index in [1.807, 2.05) is 24.7 Å². The average molecular weight is 419 g/mol. The third-order valence-electron chi connectivity index (χ3n) is 6.20. The van der Waals surface area contributed by atoms with Crippen molar-refractivity contribution in [3.63, 3.8) is 0 Å². The van der Waals surface area contributed by atoms with Gasteiger partial charge in [0.1, 0.15) is 5.82 Å². The van der Waals surface area contributed by atoms with Crippen molar-refractivity contribution in [3.8, 4) is 11.4 Å². The molecule has 0 saturated carbocycles. The summed E-state index contributed by atoms with van der Waals surface area (Å²) < 4.78 is 2.08. The van der Waals surface area contributed by atoms with Crippen molar-refractivity contribution in [1.29, 1.82) is 0 Å². The summed E-state index contributed by atoms with van der Waals surface area (Å²) in [4.78, 5) is 16.4. The smallest absolute Gasteiger partial charge is 0.228 e. The van der Waals surface area contributed by atoms with E-state index in [-0.39, 0.29) is 11.5 Å². The average Bonchev–Trinajstić information content (AvgIpc) is 3.23. The number of aromatic nitrogens is 5. The molecule has 0 amide bonds. The number of nitrogens with zero attached hydrogens (tertiary/aromatic N) is 6. The maximum Gasteiger partial charge on any atom is 0.228 e. The van der Waals surface area contributed by atoms with E-state index >= 15 is 0 Å². The molecule has 2 aliphatic rings. The van der Waals surface area contributed by atoms with Crippen LogP contribution >= 0.6 is 0 Å². The molecule has 0 radical (unpaired) electrons.